The molecule has 0 radical (unpaired) electrons. The Balaban J connectivity index is 1.79. The van der Waals surface area contributed by atoms with Crippen LogP contribution < -0.4 is 9.47 Å². The van der Waals surface area contributed by atoms with E-state index in [0.29, 0.717) is 22.1 Å². The Kier molecular flexibility index (Phi) is 8.29. The molecule has 0 aromatic heterocycles. The highest BCUT2D eigenvalue weighted by molar-refractivity contribution is 8.18. The van der Waals surface area contributed by atoms with Gasteiger partial charge in [-0.1, -0.05) is 41.4 Å². The monoisotopic (exact) mass is 509 g/mol. The minimum absolute atomic E-state index is 0.153. The fourth-order valence-electron chi connectivity index (χ4n) is 2.95. The first kappa shape index (κ1) is 25.0. The molecule has 0 spiro atoms. The van der Waals surface area contributed by atoms with Crippen molar-refractivity contribution in [1.29, 1.82) is 0 Å². The van der Waals surface area contributed by atoms with E-state index in [9.17, 15) is 14.4 Å². The van der Waals surface area contributed by atoms with Gasteiger partial charge in [0.15, 0.2) is 11.5 Å². The van der Waals surface area contributed by atoms with Gasteiger partial charge in [-0.3, -0.25) is 19.3 Å². The van der Waals surface area contributed by atoms with Crippen molar-refractivity contribution in [2.75, 3.05) is 13.7 Å². The number of imide groups is 1. The van der Waals surface area contributed by atoms with Crippen LogP contribution in [0.25, 0.3) is 6.08 Å². The number of esters is 1. The maximum Gasteiger partial charge on any atom is 0.326 e. The number of hydrogen-bond donors (Lipinski definition) is 0. The predicted octanol–water partition coefficient (Wildman–Crippen LogP) is 5.57. The Morgan fingerprint density at radius 2 is 1.88 bits per heavy atom. The smallest absolute Gasteiger partial charge is 0.326 e. The van der Waals surface area contributed by atoms with Crippen molar-refractivity contribution >= 4 is 58.2 Å². The molecule has 7 nitrogen and oxygen atoms in total. The summed E-state index contributed by atoms with van der Waals surface area (Å²) in [6.07, 6.45) is 1.16. The van der Waals surface area contributed by atoms with E-state index < -0.39 is 23.7 Å². The third-order valence-electron chi connectivity index (χ3n) is 4.41. The molecule has 0 N–H and O–H groups in total. The SMILES string of the molecule is COc1cc(/C=C2\SC(=O)N(CC(=O)OC(C)C)C2=O)cc(Cl)c1OCc1ccccc1Cl. The molecule has 0 aliphatic carbocycles. The molecule has 33 heavy (non-hydrogen) atoms. The first-order valence-electron chi connectivity index (χ1n) is 9.88. The maximum atomic E-state index is 12.6. The molecular formula is C23H21Cl2NO6S. The number of carbonyl (C=O) groups excluding carboxylic acids is 3. The number of hydrogen-bond acceptors (Lipinski definition) is 7. The third kappa shape index (κ3) is 6.22. The van der Waals surface area contributed by atoms with Crippen molar-refractivity contribution < 1.29 is 28.6 Å². The Bertz CT molecular complexity index is 1120. The van der Waals surface area contributed by atoms with Gasteiger partial charge in [-0.25, -0.2) is 0 Å². The normalized spacial score (nSPS) is 14.8. The third-order valence-corrected chi connectivity index (χ3v) is 5.96. The number of benzene rings is 2. The van der Waals surface area contributed by atoms with Gasteiger partial charge >= 0.3 is 5.97 Å². The van der Waals surface area contributed by atoms with E-state index in [4.69, 9.17) is 37.4 Å². The Morgan fingerprint density at radius 1 is 1.15 bits per heavy atom. The van der Waals surface area contributed by atoms with Gasteiger partial charge < -0.3 is 14.2 Å². The second kappa shape index (κ2) is 11.0. The predicted molar refractivity (Wildman–Crippen MR) is 128 cm³/mol. The highest BCUT2D eigenvalue weighted by Gasteiger charge is 2.36. The van der Waals surface area contributed by atoms with Gasteiger partial charge in [-0.05, 0) is 55.4 Å². The lowest BCUT2D eigenvalue weighted by Gasteiger charge is -2.14. The molecule has 2 aromatic carbocycles. The topological polar surface area (TPSA) is 82.1 Å². The van der Waals surface area contributed by atoms with Gasteiger partial charge in [0, 0.05) is 10.6 Å². The standard InChI is InChI=1S/C23H21Cl2NO6S/c1-13(2)32-20(27)11-26-22(28)19(33-23(26)29)10-14-8-17(25)21(18(9-14)30-3)31-12-15-6-4-5-7-16(15)24/h4-10,13H,11-12H2,1-3H3/b19-10-. The minimum Gasteiger partial charge on any atom is -0.493 e. The van der Waals surface area contributed by atoms with Crippen LogP contribution in [0.15, 0.2) is 41.3 Å². The fourth-order valence-corrected chi connectivity index (χ4v) is 4.25. The van der Waals surface area contributed by atoms with E-state index in [-0.39, 0.29) is 22.6 Å². The first-order chi connectivity index (χ1) is 15.7. The number of nitrogens with zero attached hydrogens (tertiary/aromatic N) is 1. The van der Waals surface area contributed by atoms with Crippen molar-refractivity contribution in [3.05, 3.63) is 62.5 Å². The lowest BCUT2D eigenvalue weighted by molar-refractivity contribution is -0.149. The number of ether oxygens (including phenoxy) is 3. The summed E-state index contributed by atoms with van der Waals surface area (Å²) < 4.78 is 16.3. The summed E-state index contributed by atoms with van der Waals surface area (Å²) in [6.45, 7) is 3.11. The van der Waals surface area contributed by atoms with E-state index >= 15 is 0 Å². The molecule has 1 saturated heterocycles. The van der Waals surface area contributed by atoms with Crippen LogP contribution in [0.1, 0.15) is 25.0 Å². The Hall–Kier alpha value is -2.68. The van der Waals surface area contributed by atoms with Crippen LogP contribution in [0.4, 0.5) is 4.79 Å². The van der Waals surface area contributed by atoms with Crippen LogP contribution in [-0.4, -0.2) is 41.8 Å². The average Bonchev–Trinajstić information content (AvgIpc) is 3.00. The van der Waals surface area contributed by atoms with Crippen LogP contribution >= 0.6 is 35.0 Å². The molecule has 1 aliphatic heterocycles. The summed E-state index contributed by atoms with van der Waals surface area (Å²) >= 11 is 13.3. The van der Waals surface area contributed by atoms with Gasteiger partial charge in [0.1, 0.15) is 13.2 Å². The second-order valence-corrected chi connectivity index (χ2v) is 9.03. The van der Waals surface area contributed by atoms with Crippen molar-refractivity contribution in [1.82, 2.24) is 4.90 Å². The summed E-state index contributed by atoms with van der Waals surface area (Å²) in [4.78, 5) is 37.7. The van der Waals surface area contributed by atoms with Crippen molar-refractivity contribution in [2.24, 2.45) is 0 Å². The van der Waals surface area contributed by atoms with Crippen LogP contribution in [0.3, 0.4) is 0 Å². The van der Waals surface area contributed by atoms with Gasteiger partial charge in [0.25, 0.3) is 11.1 Å². The van der Waals surface area contributed by atoms with Crippen LogP contribution in [0.2, 0.25) is 10.0 Å². The van der Waals surface area contributed by atoms with E-state index in [0.717, 1.165) is 22.2 Å². The molecule has 0 saturated carbocycles. The number of carbonyl (C=O) groups is 3. The largest absolute Gasteiger partial charge is 0.493 e. The van der Waals surface area contributed by atoms with Crippen LogP contribution in [-0.2, 0) is 20.9 Å². The molecule has 10 heteroatoms. The molecule has 174 valence electrons. The van der Waals surface area contributed by atoms with E-state index in [1.807, 2.05) is 18.2 Å². The van der Waals surface area contributed by atoms with E-state index in [2.05, 4.69) is 0 Å². The van der Waals surface area contributed by atoms with Gasteiger partial charge in [-0.2, -0.15) is 0 Å². The molecule has 2 amide bonds. The lowest BCUT2D eigenvalue weighted by atomic mass is 10.1. The van der Waals surface area contributed by atoms with Crippen molar-refractivity contribution in [3.8, 4) is 11.5 Å². The van der Waals surface area contributed by atoms with Crippen LogP contribution in [0.5, 0.6) is 11.5 Å². The zero-order chi connectivity index (χ0) is 24.1. The van der Waals surface area contributed by atoms with Gasteiger partial charge in [0.2, 0.25) is 0 Å². The Labute approximate surface area is 205 Å². The number of amides is 2. The number of methoxy groups -OCH3 is 1. The number of thioether (sulfide) groups is 1. The van der Waals surface area contributed by atoms with Crippen LogP contribution in [0, 0.1) is 0 Å². The van der Waals surface area contributed by atoms with Gasteiger partial charge in [-0.15, -0.1) is 0 Å². The Morgan fingerprint density at radius 3 is 2.55 bits per heavy atom. The highest BCUT2D eigenvalue weighted by atomic mass is 35.5. The van der Waals surface area contributed by atoms with Crippen molar-refractivity contribution in [2.45, 2.75) is 26.6 Å². The molecule has 1 aliphatic rings. The lowest BCUT2D eigenvalue weighted by Crippen LogP contribution is -2.35. The molecule has 1 heterocycles. The first-order valence-corrected chi connectivity index (χ1v) is 11.5. The molecule has 3 rings (SSSR count). The van der Waals surface area contributed by atoms with E-state index in [1.165, 1.54) is 13.2 Å². The molecular weight excluding hydrogens is 489 g/mol. The summed E-state index contributed by atoms with van der Waals surface area (Å²) in [5, 5.41) is 0.273. The highest BCUT2D eigenvalue weighted by Crippen LogP contribution is 2.39. The zero-order valence-electron chi connectivity index (χ0n) is 18.1. The summed E-state index contributed by atoms with van der Waals surface area (Å²) in [6, 6.07) is 10.5. The quantitative estimate of drug-likeness (QED) is 0.339. The minimum atomic E-state index is -0.654. The van der Waals surface area contributed by atoms with E-state index in [1.54, 1.807) is 32.0 Å². The molecule has 0 bridgehead atoms. The molecule has 0 atom stereocenters. The molecule has 2 aromatic rings. The molecule has 0 unspecified atom stereocenters. The fraction of sp³-hybridized carbons (Fsp3) is 0.261. The summed E-state index contributed by atoms with van der Waals surface area (Å²) in [5.74, 6) is -0.570. The number of halogens is 2. The van der Waals surface area contributed by atoms with Gasteiger partial charge in [0.05, 0.1) is 23.1 Å². The summed E-state index contributed by atoms with van der Waals surface area (Å²) in [5.41, 5.74) is 1.31. The summed E-state index contributed by atoms with van der Waals surface area (Å²) in [7, 11) is 1.46. The maximum absolute atomic E-state index is 12.6. The zero-order valence-corrected chi connectivity index (χ0v) is 20.4. The molecule has 1 fully saturated rings. The van der Waals surface area contributed by atoms with Crippen molar-refractivity contribution in [3.63, 3.8) is 0 Å². The number of rotatable bonds is 8. The average molecular weight is 510 g/mol. The second-order valence-electron chi connectivity index (χ2n) is 7.22.